The molecule has 0 radical (unpaired) electrons. The van der Waals surface area contributed by atoms with Gasteiger partial charge in [-0.3, -0.25) is 4.99 Å². The van der Waals surface area contributed by atoms with E-state index in [4.69, 9.17) is 9.47 Å². The number of methoxy groups -OCH3 is 2. The van der Waals surface area contributed by atoms with Crippen molar-refractivity contribution in [1.29, 1.82) is 0 Å². The Hall–Kier alpha value is -2.49. The second-order valence-corrected chi connectivity index (χ2v) is 7.61. The first kappa shape index (κ1) is 25.8. The Bertz CT molecular complexity index is 929. The van der Waals surface area contributed by atoms with E-state index < -0.39 is 5.97 Å². The van der Waals surface area contributed by atoms with E-state index in [2.05, 4.69) is 51.7 Å². The van der Waals surface area contributed by atoms with E-state index in [0.29, 0.717) is 23.8 Å². The first-order chi connectivity index (χ1) is 15.0. The third kappa shape index (κ3) is 6.51. The van der Waals surface area contributed by atoms with Crippen LogP contribution in [0.3, 0.4) is 0 Å². The van der Waals surface area contributed by atoms with Crippen molar-refractivity contribution in [3.05, 3.63) is 59.2 Å². The van der Waals surface area contributed by atoms with Crippen molar-refractivity contribution in [2.75, 3.05) is 39.3 Å². The summed E-state index contributed by atoms with van der Waals surface area (Å²) in [5.74, 6) is 0.773. The number of benzene rings is 2. The third-order valence-electron chi connectivity index (χ3n) is 5.55. The summed E-state index contributed by atoms with van der Waals surface area (Å²) in [5.41, 5.74) is 3.87. The van der Waals surface area contributed by atoms with Crippen molar-refractivity contribution < 1.29 is 14.3 Å². The molecule has 174 valence electrons. The molecule has 0 aromatic heterocycles. The predicted molar refractivity (Wildman–Crippen MR) is 139 cm³/mol. The number of hydrogen-bond acceptors (Lipinski definition) is 5. The topological polar surface area (TPSA) is 75.2 Å². The van der Waals surface area contributed by atoms with Gasteiger partial charge in [-0.25, -0.2) is 4.79 Å². The van der Waals surface area contributed by atoms with E-state index in [0.717, 1.165) is 18.7 Å². The summed E-state index contributed by atoms with van der Waals surface area (Å²) >= 11 is 0. The van der Waals surface area contributed by atoms with Crippen LogP contribution in [0.1, 0.15) is 47.3 Å². The van der Waals surface area contributed by atoms with Gasteiger partial charge in [0.05, 0.1) is 20.3 Å². The average Bonchev–Trinajstić information content (AvgIpc) is 3.36. The number of guanidine groups is 1. The van der Waals surface area contributed by atoms with Gasteiger partial charge in [-0.2, -0.15) is 0 Å². The summed E-state index contributed by atoms with van der Waals surface area (Å²) in [5, 5.41) is 6.78. The van der Waals surface area contributed by atoms with Gasteiger partial charge in [0, 0.05) is 32.4 Å². The Morgan fingerprint density at radius 3 is 2.56 bits per heavy atom. The van der Waals surface area contributed by atoms with Crippen LogP contribution in [-0.4, -0.2) is 46.3 Å². The fourth-order valence-corrected chi connectivity index (χ4v) is 3.76. The summed E-state index contributed by atoms with van der Waals surface area (Å²) in [6.45, 7) is 4.93. The number of rotatable bonds is 7. The standard InChI is InChI=1S/C24H32N4O3.HI/c1-17(19-8-7-9-20(15-19)28-12-5-6-13-28)27-24(25-2)26-16-18-10-11-21(23(29)31-4)22(14-18)30-3;/h7-11,14-15,17H,5-6,12-13,16H2,1-4H3,(H2,25,26,27);1H. The lowest BCUT2D eigenvalue weighted by molar-refractivity contribution is 0.0597. The number of carbonyl (C=O) groups excluding carboxylic acids is 1. The second-order valence-electron chi connectivity index (χ2n) is 7.61. The summed E-state index contributed by atoms with van der Waals surface area (Å²) in [6, 6.07) is 14.2. The third-order valence-corrected chi connectivity index (χ3v) is 5.55. The average molecular weight is 552 g/mol. The number of halogens is 1. The molecule has 0 bridgehead atoms. The molecular formula is C24H33IN4O3. The van der Waals surface area contributed by atoms with Gasteiger partial charge in [0.25, 0.3) is 0 Å². The van der Waals surface area contributed by atoms with Crippen LogP contribution in [0.2, 0.25) is 0 Å². The molecule has 1 unspecified atom stereocenters. The number of hydrogen-bond donors (Lipinski definition) is 2. The normalized spacial score (nSPS) is 14.4. The first-order valence-corrected chi connectivity index (χ1v) is 10.6. The van der Waals surface area contributed by atoms with E-state index in [1.54, 1.807) is 13.1 Å². The smallest absolute Gasteiger partial charge is 0.341 e. The number of anilines is 1. The number of ether oxygens (including phenoxy) is 2. The molecule has 1 saturated heterocycles. The van der Waals surface area contributed by atoms with E-state index in [1.807, 2.05) is 12.1 Å². The van der Waals surface area contributed by atoms with Crippen LogP contribution < -0.4 is 20.3 Å². The fourth-order valence-electron chi connectivity index (χ4n) is 3.76. The van der Waals surface area contributed by atoms with Gasteiger partial charge in [0.1, 0.15) is 11.3 Å². The minimum Gasteiger partial charge on any atom is -0.496 e. The predicted octanol–water partition coefficient (Wildman–Crippen LogP) is 4.13. The van der Waals surface area contributed by atoms with Gasteiger partial charge < -0.3 is 25.0 Å². The molecule has 2 N–H and O–H groups in total. The van der Waals surface area contributed by atoms with Crippen LogP contribution in [0, 0.1) is 0 Å². The van der Waals surface area contributed by atoms with E-state index in [9.17, 15) is 4.79 Å². The lowest BCUT2D eigenvalue weighted by Crippen LogP contribution is -2.38. The zero-order valence-corrected chi connectivity index (χ0v) is 21.5. The van der Waals surface area contributed by atoms with Crippen LogP contribution in [0.5, 0.6) is 5.75 Å². The SMILES string of the molecule is CN=C(NCc1ccc(C(=O)OC)c(OC)c1)NC(C)c1cccc(N2CCCC2)c1.I. The lowest BCUT2D eigenvalue weighted by Gasteiger charge is -2.22. The minimum atomic E-state index is -0.418. The summed E-state index contributed by atoms with van der Waals surface area (Å²) < 4.78 is 10.1. The van der Waals surface area contributed by atoms with Gasteiger partial charge in [-0.1, -0.05) is 18.2 Å². The van der Waals surface area contributed by atoms with Crippen LogP contribution >= 0.6 is 24.0 Å². The quantitative estimate of drug-likeness (QED) is 0.233. The Balaban J connectivity index is 0.00000363. The van der Waals surface area contributed by atoms with Gasteiger partial charge in [0.2, 0.25) is 0 Å². The molecule has 3 rings (SSSR count). The zero-order valence-electron chi connectivity index (χ0n) is 19.2. The number of nitrogens with one attached hydrogen (secondary N) is 2. The maximum atomic E-state index is 11.8. The van der Waals surface area contributed by atoms with Gasteiger partial charge in [-0.05, 0) is 55.2 Å². The number of aliphatic imine (C=N–C) groups is 1. The maximum absolute atomic E-state index is 11.8. The maximum Gasteiger partial charge on any atom is 0.341 e. The highest BCUT2D eigenvalue weighted by Gasteiger charge is 2.15. The second kappa shape index (κ2) is 12.5. The molecule has 1 heterocycles. The van der Waals surface area contributed by atoms with Crippen LogP contribution in [0.25, 0.3) is 0 Å². The molecule has 0 saturated carbocycles. The Labute approximate surface area is 207 Å². The highest BCUT2D eigenvalue weighted by molar-refractivity contribution is 14.0. The number of esters is 1. The van der Waals surface area contributed by atoms with E-state index >= 15 is 0 Å². The molecule has 1 aliphatic rings. The molecule has 32 heavy (non-hydrogen) atoms. The first-order valence-electron chi connectivity index (χ1n) is 10.6. The molecule has 7 nitrogen and oxygen atoms in total. The fraction of sp³-hybridized carbons (Fsp3) is 0.417. The Morgan fingerprint density at radius 1 is 1.16 bits per heavy atom. The van der Waals surface area contributed by atoms with Gasteiger partial charge in [-0.15, -0.1) is 24.0 Å². The zero-order chi connectivity index (χ0) is 22.2. The molecule has 2 aromatic carbocycles. The van der Waals surface area contributed by atoms with Crippen molar-refractivity contribution >= 4 is 41.6 Å². The van der Waals surface area contributed by atoms with Crippen LogP contribution in [0.4, 0.5) is 5.69 Å². The van der Waals surface area contributed by atoms with Gasteiger partial charge in [0.15, 0.2) is 5.96 Å². The summed E-state index contributed by atoms with van der Waals surface area (Å²) in [6.07, 6.45) is 2.53. The monoisotopic (exact) mass is 552 g/mol. The van der Waals surface area contributed by atoms with Crippen molar-refractivity contribution in [1.82, 2.24) is 10.6 Å². The van der Waals surface area contributed by atoms with Crippen molar-refractivity contribution in [3.63, 3.8) is 0 Å². The number of carbonyl (C=O) groups is 1. The van der Waals surface area contributed by atoms with Crippen LogP contribution in [0.15, 0.2) is 47.5 Å². The largest absolute Gasteiger partial charge is 0.496 e. The minimum absolute atomic E-state index is 0. The molecule has 0 aliphatic carbocycles. The molecule has 0 spiro atoms. The highest BCUT2D eigenvalue weighted by Crippen LogP contribution is 2.24. The van der Waals surface area contributed by atoms with Crippen molar-refractivity contribution in [3.8, 4) is 5.75 Å². The van der Waals surface area contributed by atoms with E-state index in [1.165, 1.54) is 38.3 Å². The summed E-state index contributed by atoms with van der Waals surface area (Å²) in [7, 11) is 4.65. The molecule has 0 amide bonds. The Kier molecular flexibility index (Phi) is 10.1. The lowest BCUT2D eigenvalue weighted by atomic mass is 10.1. The van der Waals surface area contributed by atoms with Crippen molar-refractivity contribution in [2.45, 2.75) is 32.4 Å². The molecule has 1 atom stereocenters. The highest BCUT2D eigenvalue weighted by atomic mass is 127. The molecule has 2 aromatic rings. The van der Waals surface area contributed by atoms with E-state index in [-0.39, 0.29) is 30.0 Å². The molecule has 1 fully saturated rings. The summed E-state index contributed by atoms with van der Waals surface area (Å²) in [4.78, 5) is 18.6. The van der Waals surface area contributed by atoms with Gasteiger partial charge >= 0.3 is 5.97 Å². The molecule has 8 heteroatoms. The molecular weight excluding hydrogens is 519 g/mol. The van der Waals surface area contributed by atoms with Crippen LogP contribution in [-0.2, 0) is 11.3 Å². The Morgan fingerprint density at radius 2 is 1.91 bits per heavy atom. The molecule has 1 aliphatic heterocycles. The number of nitrogens with zero attached hydrogens (tertiary/aromatic N) is 2. The van der Waals surface area contributed by atoms with Crippen molar-refractivity contribution in [2.24, 2.45) is 4.99 Å².